The molecule has 1 aliphatic heterocycles. The fraction of sp³-hybridized carbons (Fsp3) is 0.364. The maximum absolute atomic E-state index is 13.2. The standard InChI is InChI=1S/C22H23ClN2O2/c23-18-9-6-16(7-10-18)22(27)25-14-17(21(26)24-19-11-12-19)8-13-20(25)15-4-2-1-3-5-15/h1-7,9-10,17,19-20H,8,11-14H2,(H,24,26)/t17-,20+/m1/s1. The van der Waals surface area contributed by atoms with Gasteiger partial charge < -0.3 is 10.2 Å². The molecule has 2 atom stereocenters. The lowest BCUT2D eigenvalue weighted by Gasteiger charge is -2.39. The third kappa shape index (κ3) is 4.16. The summed E-state index contributed by atoms with van der Waals surface area (Å²) in [4.78, 5) is 27.7. The summed E-state index contributed by atoms with van der Waals surface area (Å²) in [6.07, 6.45) is 3.71. The first-order chi connectivity index (χ1) is 13.1. The lowest BCUT2D eigenvalue weighted by molar-refractivity contribution is -0.127. The van der Waals surface area contributed by atoms with Gasteiger partial charge in [-0.25, -0.2) is 0 Å². The predicted octanol–water partition coefficient (Wildman–Crippen LogP) is 4.21. The molecule has 2 aromatic carbocycles. The Morgan fingerprint density at radius 3 is 2.30 bits per heavy atom. The molecule has 140 valence electrons. The molecule has 1 saturated heterocycles. The largest absolute Gasteiger partial charge is 0.353 e. The lowest BCUT2D eigenvalue weighted by Crippen LogP contribution is -2.47. The van der Waals surface area contributed by atoms with Crippen LogP contribution < -0.4 is 5.32 Å². The van der Waals surface area contributed by atoms with Crippen LogP contribution in [0.5, 0.6) is 0 Å². The molecule has 0 bridgehead atoms. The van der Waals surface area contributed by atoms with Crippen molar-refractivity contribution in [2.75, 3.05) is 6.54 Å². The van der Waals surface area contributed by atoms with Crippen molar-refractivity contribution in [3.8, 4) is 0 Å². The first-order valence-corrected chi connectivity index (χ1v) is 9.91. The zero-order valence-electron chi connectivity index (χ0n) is 15.1. The summed E-state index contributed by atoms with van der Waals surface area (Å²) in [6, 6.07) is 17.4. The van der Waals surface area contributed by atoms with Crippen molar-refractivity contribution >= 4 is 23.4 Å². The highest BCUT2D eigenvalue weighted by Gasteiger charge is 2.37. The third-order valence-corrected chi connectivity index (χ3v) is 5.66. The van der Waals surface area contributed by atoms with Gasteiger partial charge in [-0.2, -0.15) is 0 Å². The number of nitrogens with zero attached hydrogens (tertiary/aromatic N) is 1. The van der Waals surface area contributed by atoms with E-state index in [-0.39, 0.29) is 23.8 Å². The highest BCUT2D eigenvalue weighted by molar-refractivity contribution is 6.30. The number of nitrogens with one attached hydrogen (secondary N) is 1. The van der Waals surface area contributed by atoms with E-state index in [0.717, 1.165) is 31.2 Å². The number of carbonyl (C=O) groups is 2. The molecule has 2 aliphatic rings. The van der Waals surface area contributed by atoms with E-state index in [9.17, 15) is 9.59 Å². The van der Waals surface area contributed by atoms with Crippen molar-refractivity contribution < 1.29 is 9.59 Å². The fourth-order valence-electron chi connectivity index (χ4n) is 3.74. The minimum Gasteiger partial charge on any atom is -0.353 e. The van der Waals surface area contributed by atoms with Gasteiger partial charge in [-0.05, 0) is 55.5 Å². The van der Waals surface area contributed by atoms with Crippen molar-refractivity contribution in [1.82, 2.24) is 10.2 Å². The molecule has 2 amide bonds. The second kappa shape index (κ2) is 7.73. The average molecular weight is 383 g/mol. The fourth-order valence-corrected chi connectivity index (χ4v) is 3.86. The van der Waals surface area contributed by atoms with Gasteiger partial charge in [-0.3, -0.25) is 9.59 Å². The number of hydrogen-bond acceptors (Lipinski definition) is 2. The first-order valence-electron chi connectivity index (χ1n) is 9.53. The second-order valence-electron chi connectivity index (χ2n) is 7.45. The monoisotopic (exact) mass is 382 g/mol. The molecular formula is C22H23ClN2O2. The number of rotatable bonds is 4. The van der Waals surface area contributed by atoms with E-state index in [0.29, 0.717) is 23.2 Å². The Hall–Kier alpha value is -2.33. The maximum atomic E-state index is 13.2. The molecule has 5 heteroatoms. The van der Waals surface area contributed by atoms with Crippen molar-refractivity contribution in [3.05, 3.63) is 70.7 Å². The number of benzene rings is 2. The minimum atomic E-state index is -0.151. The van der Waals surface area contributed by atoms with E-state index in [2.05, 4.69) is 17.4 Å². The predicted molar refractivity (Wildman–Crippen MR) is 106 cm³/mol. The summed E-state index contributed by atoms with van der Waals surface area (Å²) in [5, 5.41) is 3.69. The van der Waals surface area contributed by atoms with E-state index in [4.69, 9.17) is 11.6 Å². The molecule has 1 saturated carbocycles. The molecule has 4 rings (SSSR count). The zero-order valence-corrected chi connectivity index (χ0v) is 15.9. The summed E-state index contributed by atoms with van der Waals surface area (Å²) < 4.78 is 0. The van der Waals surface area contributed by atoms with E-state index < -0.39 is 0 Å². The van der Waals surface area contributed by atoms with Gasteiger partial charge in [0.1, 0.15) is 0 Å². The van der Waals surface area contributed by atoms with Crippen LogP contribution >= 0.6 is 11.6 Å². The quantitative estimate of drug-likeness (QED) is 0.860. The molecule has 1 aliphatic carbocycles. The minimum absolute atomic E-state index is 0.0145. The number of piperidine rings is 1. The van der Waals surface area contributed by atoms with Crippen LogP contribution in [0.4, 0.5) is 0 Å². The molecule has 2 fully saturated rings. The number of likely N-dealkylation sites (tertiary alicyclic amines) is 1. The summed E-state index contributed by atoms with van der Waals surface area (Å²) in [7, 11) is 0. The summed E-state index contributed by atoms with van der Waals surface area (Å²) in [5.41, 5.74) is 1.71. The molecule has 27 heavy (non-hydrogen) atoms. The van der Waals surface area contributed by atoms with Gasteiger partial charge in [0.15, 0.2) is 0 Å². The van der Waals surface area contributed by atoms with Crippen LogP contribution in [-0.2, 0) is 4.79 Å². The number of hydrogen-bond donors (Lipinski definition) is 1. The van der Waals surface area contributed by atoms with Crippen molar-refractivity contribution in [2.45, 2.75) is 37.8 Å². The summed E-state index contributed by atoms with van der Waals surface area (Å²) in [6.45, 7) is 0.444. The summed E-state index contributed by atoms with van der Waals surface area (Å²) in [5.74, 6) is -0.121. The van der Waals surface area contributed by atoms with E-state index in [1.165, 1.54) is 0 Å². The number of amides is 2. The zero-order chi connectivity index (χ0) is 18.8. The van der Waals surface area contributed by atoms with E-state index >= 15 is 0 Å². The Labute approximate surface area is 164 Å². The molecule has 4 nitrogen and oxygen atoms in total. The lowest BCUT2D eigenvalue weighted by atomic mass is 9.88. The van der Waals surface area contributed by atoms with Crippen LogP contribution in [0, 0.1) is 5.92 Å². The van der Waals surface area contributed by atoms with Crippen molar-refractivity contribution in [1.29, 1.82) is 0 Å². The second-order valence-corrected chi connectivity index (χ2v) is 7.88. The van der Waals surface area contributed by atoms with Crippen LogP contribution in [0.15, 0.2) is 54.6 Å². The SMILES string of the molecule is O=C(NC1CC1)[C@@H]1CC[C@@H](c2ccccc2)N(C(=O)c2ccc(Cl)cc2)C1. The highest BCUT2D eigenvalue weighted by atomic mass is 35.5. The average Bonchev–Trinajstić information content (AvgIpc) is 3.52. The molecule has 1 N–H and O–H groups in total. The normalized spacial score (nSPS) is 22.3. The van der Waals surface area contributed by atoms with Gasteiger partial charge in [-0.15, -0.1) is 0 Å². The maximum Gasteiger partial charge on any atom is 0.254 e. The van der Waals surface area contributed by atoms with Gasteiger partial charge in [0.05, 0.1) is 12.0 Å². The molecule has 1 heterocycles. The Kier molecular flexibility index (Phi) is 5.17. The van der Waals surface area contributed by atoms with Crippen LogP contribution in [0.3, 0.4) is 0 Å². The molecule has 0 radical (unpaired) electrons. The highest BCUT2D eigenvalue weighted by Crippen LogP contribution is 2.35. The molecule has 0 unspecified atom stereocenters. The Morgan fingerprint density at radius 1 is 0.926 bits per heavy atom. The first kappa shape index (κ1) is 18.1. The van der Waals surface area contributed by atoms with Crippen LogP contribution in [0.2, 0.25) is 5.02 Å². The van der Waals surface area contributed by atoms with Gasteiger partial charge >= 0.3 is 0 Å². The molecule has 2 aromatic rings. The smallest absolute Gasteiger partial charge is 0.254 e. The number of halogens is 1. The van der Waals surface area contributed by atoms with Gasteiger partial charge in [-0.1, -0.05) is 41.9 Å². The van der Waals surface area contributed by atoms with Gasteiger partial charge in [0.2, 0.25) is 5.91 Å². The summed E-state index contributed by atoms with van der Waals surface area (Å²) >= 11 is 5.97. The van der Waals surface area contributed by atoms with E-state index in [1.54, 1.807) is 24.3 Å². The number of carbonyl (C=O) groups excluding carboxylic acids is 2. The van der Waals surface area contributed by atoms with Crippen molar-refractivity contribution in [3.63, 3.8) is 0 Å². The van der Waals surface area contributed by atoms with Crippen molar-refractivity contribution in [2.24, 2.45) is 5.92 Å². The van der Waals surface area contributed by atoms with E-state index in [1.807, 2.05) is 23.1 Å². The third-order valence-electron chi connectivity index (χ3n) is 5.41. The Bertz CT molecular complexity index is 818. The molecular weight excluding hydrogens is 360 g/mol. The Morgan fingerprint density at radius 2 is 1.63 bits per heavy atom. The topological polar surface area (TPSA) is 49.4 Å². The molecule has 0 aromatic heterocycles. The van der Waals surface area contributed by atoms with Crippen LogP contribution in [-0.4, -0.2) is 29.3 Å². The Balaban J connectivity index is 1.58. The molecule has 0 spiro atoms. The van der Waals surface area contributed by atoms with Crippen LogP contribution in [0.25, 0.3) is 0 Å². The van der Waals surface area contributed by atoms with Gasteiger partial charge in [0, 0.05) is 23.2 Å². The van der Waals surface area contributed by atoms with Crippen LogP contribution in [0.1, 0.15) is 47.6 Å². The van der Waals surface area contributed by atoms with Gasteiger partial charge in [0.25, 0.3) is 5.91 Å².